The summed E-state index contributed by atoms with van der Waals surface area (Å²) >= 11 is 1.91. The SMILES string of the molecule is CSC1(CN)CCN(CC2CCCN(S(C)(=O)=O)C2)CC1. The fourth-order valence-corrected chi connectivity index (χ4v) is 5.18. The molecule has 0 saturated carbocycles. The third-order valence-electron chi connectivity index (χ3n) is 5.04. The lowest BCUT2D eigenvalue weighted by Gasteiger charge is -2.42. The number of nitrogens with two attached hydrogens (primary N) is 1. The van der Waals surface area contributed by atoms with Crippen molar-refractivity contribution < 1.29 is 8.42 Å². The van der Waals surface area contributed by atoms with Gasteiger partial charge in [0.1, 0.15) is 0 Å². The zero-order valence-electron chi connectivity index (χ0n) is 13.3. The molecule has 0 aliphatic carbocycles. The quantitative estimate of drug-likeness (QED) is 0.805. The van der Waals surface area contributed by atoms with Crippen molar-refractivity contribution in [2.45, 2.75) is 30.4 Å². The van der Waals surface area contributed by atoms with Crippen molar-refractivity contribution in [2.75, 3.05) is 51.8 Å². The molecule has 21 heavy (non-hydrogen) atoms. The fourth-order valence-electron chi connectivity index (χ4n) is 3.48. The van der Waals surface area contributed by atoms with Crippen molar-refractivity contribution in [3.8, 4) is 0 Å². The number of likely N-dealkylation sites (tertiary alicyclic amines) is 1. The van der Waals surface area contributed by atoms with Crippen molar-refractivity contribution in [2.24, 2.45) is 11.7 Å². The summed E-state index contributed by atoms with van der Waals surface area (Å²) in [4.78, 5) is 2.50. The number of piperidine rings is 2. The lowest BCUT2D eigenvalue weighted by molar-refractivity contribution is 0.145. The highest BCUT2D eigenvalue weighted by atomic mass is 32.2. The average Bonchev–Trinajstić information content (AvgIpc) is 2.48. The highest BCUT2D eigenvalue weighted by Gasteiger charge is 2.34. The Morgan fingerprint density at radius 1 is 1.29 bits per heavy atom. The fraction of sp³-hybridized carbons (Fsp3) is 1.00. The van der Waals surface area contributed by atoms with Crippen LogP contribution in [0.25, 0.3) is 0 Å². The Hall–Kier alpha value is 0.180. The Balaban J connectivity index is 1.83. The molecule has 1 unspecified atom stereocenters. The molecule has 5 nitrogen and oxygen atoms in total. The van der Waals surface area contributed by atoms with E-state index in [2.05, 4.69) is 11.2 Å². The maximum absolute atomic E-state index is 11.7. The minimum absolute atomic E-state index is 0.266. The number of thioether (sulfide) groups is 1. The van der Waals surface area contributed by atoms with E-state index in [9.17, 15) is 8.42 Å². The molecule has 0 aromatic rings. The van der Waals surface area contributed by atoms with Gasteiger partial charge in [0, 0.05) is 30.9 Å². The van der Waals surface area contributed by atoms with E-state index in [-0.39, 0.29) is 4.75 Å². The second-order valence-electron chi connectivity index (χ2n) is 6.52. The first kappa shape index (κ1) is 17.5. The molecule has 2 fully saturated rings. The first-order chi connectivity index (χ1) is 9.88. The normalized spacial score (nSPS) is 28.6. The lowest BCUT2D eigenvalue weighted by atomic mass is 9.93. The predicted molar refractivity (Wildman–Crippen MR) is 90.1 cm³/mol. The van der Waals surface area contributed by atoms with Crippen molar-refractivity contribution in [3.63, 3.8) is 0 Å². The summed E-state index contributed by atoms with van der Waals surface area (Å²) in [5.74, 6) is 0.480. The second-order valence-corrected chi connectivity index (χ2v) is 9.78. The lowest BCUT2D eigenvalue weighted by Crippen LogP contribution is -2.49. The van der Waals surface area contributed by atoms with E-state index in [1.165, 1.54) is 6.26 Å². The van der Waals surface area contributed by atoms with E-state index < -0.39 is 10.0 Å². The smallest absolute Gasteiger partial charge is 0.211 e. The second kappa shape index (κ2) is 7.17. The van der Waals surface area contributed by atoms with E-state index in [1.807, 2.05) is 11.8 Å². The van der Waals surface area contributed by atoms with Gasteiger partial charge in [0.25, 0.3) is 0 Å². The highest BCUT2D eigenvalue weighted by molar-refractivity contribution is 8.00. The molecule has 0 aromatic carbocycles. The Labute approximate surface area is 133 Å². The van der Waals surface area contributed by atoms with E-state index >= 15 is 0 Å². The van der Waals surface area contributed by atoms with Crippen molar-refractivity contribution in [1.29, 1.82) is 0 Å². The van der Waals surface area contributed by atoms with Gasteiger partial charge in [-0.15, -0.1) is 0 Å². The summed E-state index contributed by atoms with van der Waals surface area (Å²) in [6.07, 6.45) is 7.91. The monoisotopic (exact) mass is 335 g/mol. The van der Waals surface area contributed by atoms with Crippen molar-refractivity contribution >= 4 is 21.8 Å². The summed E-state index contributed by atoms with van der Waals surface area (Å²) in [6.45, 7) is 5.35. The van der Waals surface area contributed by atoms with E-state index in [0.29, 0.717) is 19.0 Å². The summed E-state index contributed by atoms with van der Waals surface area (Å²) in [5, 5.41) is 0. The molecule has 2 rings (SSSR count). The van der Waals surface area contributed by atoms with Crippen LogP contribution in [0.15, 0.2) is 0 Å². The average molecular weight is 336 g/mol. The Bertz CT molecular complexity index is 428. The number of hydrogen-bond donors (Lipinski definition) is 1. The van der Waals surface area contributed by atoms with Crippen molar-refractivity contribution in [1.82, 2.24) is 9.21 Å². The summed E-state index contributed by atoms with van der Waals surface area (Å²) < 4.78 is 25.3. The van der Waals surface area contributed by atoms with Crippen LogP contribution in [0.4, 0.5) is 0 Å². The molecule has 0 radical (unpaired) electrons. The maximum Gasteiger partial charge on any atom is 0.211 e. The minimum Gasteiger partial charge on any atom is -0.329 e. The summed E-state index contributed by atoms with van der Waals surface area (Å²) in [6, 6.07) is 0. The van der Waals surface area contributed by atoms with Gasteiger partial charge in [-0.3, -0.25) is 0 Å². The third-order valence-corrected chi connectivity index (χ3v) is 7.75. The van der Waals surface area contributed by atoms with Crippen LogP contribution < -0.4 is 5.73 Å². The summed E-state index contributed by atoms with van der Waals surface area (Å²) in [7, 11) is -3.03. The molecule has 2 aliphatic rings. The topological polar surface area (TPSA) is 66.6 Å². The molecule has 1 atom stereocenters. The molecule has 0 aromatic heterocycles. The number of nitrogens with zero attached hydrogens (tertiary/aromatic N) is 2. The van der Waals surface area contributed by atoms with Crippen LogP contribution in [0.3, 0.4) is 0 Å². The van der Waals surface area contributed by atoms with Crippen molar-refractivity contribution in [3.05, 3.63) is 0 Å². The van der Waals surface area contributed by atoms with Gasteiger partial charge in [-0.05, 0) is 50.9 Å². The van der Waals surface area contributed by atoms with Gasteiger partial charge in [0.15, 0.2) is 0 Å². The molecule has 0 spiro atoms. The van der Waals surface area contributed by atoms with Gasteiger partial charge in [0.05, 0.1) is 6.26 Å². The molecular formula is C14H29N3O2S2. The van der Waals surface area contributed by atoms with Gasteiger partial charge in [0.2, 0.25) is 10.0 Å². The molecule has 2 heterocycles. The van der Waals surface area contributed by atoms with Gasteiger partial charge < -0.3 is 10.6 Å². The van der Waals surface area contributed by atoms with Crippen LogP contribution in [-0.2, 0) is 10.0 Å². The van der Waals surface area contributed by atoms with E-state index in [0.717, 1.165) is 51.9 Å². The van der Waals surface area contributed by atoms with Crippen LogP contribution in [-0.4, -0.2) is 74.2 Å². The van der Waals surface area contributed by atoms with Gasteiger partial charge in [-0.25, -0.2) is 12.7 Å². The van der Waals surface area contributed by atoms with Gasteiger partial charge in [-0.2, -0.15) is 11.8 Å². The molecule has 0 bridgehead atoms. The Kier molecular flexibility index (Phi) is 5.99. The van der Waals surface area contributed by atoms with Crippen LogP contribution in [0, 0.1) is 5.92 Å². The van der Waals surface area contributed by atoms with Crippen LogP contribution in [0.5, 0.6) is 0 Å². The predicted octanol–water partition coefficient (Wildman–Crippen LogP) is 0.814. The first-order valence-corrected chi connectivity index (χ1v) is 10.9. The minimum atomic E-state index is -3.03. The van der Waals surface area contributed by atoms with Crippen LogP contribution in [0.1, 0.15) is 25.7 Å². The maximum atomic E-state index is 11.7. The Morgan fingerprint density at radius 3 is 2.48 bits per heavy atom. The van der Waals surface area contributed by atoms with Gasteiger partial charge >= 0.3 is 0 Å². The molecular weight excluding hydrogens is 306 g/mol. The van der Waals surface area contributed by atoms with E-state index in [1.54, 1.807) is 4.31 Å². The van der Waals surface area contributed by atoms with Crippen LogP contribution >= 0.6 is 11.8 Å². The first-order valence-electron chi connectivity index (χ1n) is 7.81. The van der Waals surface area contributed by atoms with E-state index in [4.69, 9.17) is 5.73 Å². The number of rotatable bonds is 5. The Morgan fingerprint density at radius 2 is 1.95 bits per heavy atom. The standard InChI is InChI=1S/C14H29N3O2S2/c1-20-14(12-15)5-8-16(9-6-14)10-13-4-3-7-17(11-13)21(2,18)19/h13H,3-12,15H2,1-2H3. The molecule has 0 amide bonds. The van der Waals surface area contributed by atoms with Gasteiger partial charge in [-0.1, -0.05) is 0 Å². The zero-order valence-corrected chi connectivity index (χ0v) is 14.9. The highest BCUT2D eigenvalue weighted by Crippen LogP contribution is 2.34. The molecule has 2 N–H and O–H groups in total. The van der Waals surface area contributed by atoms with Crippen LogP contribution in [0.2, 0.25) is 0 Å². The zero-order chi connectivity index (χ0) is 15.5. The molecule has 7 heteroatoms. The number of hydrogen-bond acceptors (Lipinski definition) is 5. The third kappa shape index (κ3) is 4.58. The summed E-state index contributed by atoms with van der Waals surface area (Å²) in [5.41, 5.74) is 5.93. The number of sulfonamides is 1. The largest absolute Gasteiger partial charge is 0.329 e. The molecule has 124 valence electrons. The molecule has 2 saturated heterocycles. The molecule has 2 aliphatic heterocycles.